The molecule has 0 bridgehead atoms. The van der Waals surface area contributed by atoms with E-state index in [1.165, 1.54) is 37.3 Å². The van der Waals surface area contributed by atoms with Crippen LogP contribution in [0.25, 0.3) is 0 Å². The number of nitrogens with zero attached hydrogens (tertiary/aromatic N) is 1. The summed E-state index contributed by atoms with van der Waals surface area (Å²) in [5.41, 5.74) is 11.0. The maximum absolute atomic E-state index is 12.4. The van der Waals surface area contributed by atoms with Crippen LogP contribution in [-0.4, -0.2) is 37.2 Å². The number of rotatable bonds is 6. The van der Waals surface area contributed by atoms with E-state index in [0.29, 0.717) is 0 Å². The van der Waals surface area contributed by atoms with Crippen LogP contribution in [0.5, 0.6) is 11.5 Å². The molecule has 12 heteroatoms. The lowest BCUT2D eigenvalue weighted by atomic mass is 10.2. The lowest BCUT2D eigenvalue weighted by Gasteiger charge is -2.10. The zero-order valence-electron chi connectivity index (χ0n) is 16.0. The van der Waals surface area contributed by atoms with Crippen molar-refractivity contribution < 1.29 is 32.0 Å². The number of carboxylic acid groups (broad SMARTS) is 1. The number of carbonyl (C=O) groups is 2. The van der Waals surface area contributed by atoms with Gasteiger partial charge in [-0.05, 0) is 25.1 Å². The van der Waals surface area contributed by atoms with Crippen molar-refractivity contribution in [3.8, 4) is 11.5 Å². The molecule has 0 saturated carbocycles. The average Bonchev–Trinajstić information content (AvgIpc) is 2.60. The minimum absolute atomic E-state index is 0.00306. The summed E-state index contributed by atoms with van der Waals surface area (Å²) in [6.45, 7) is 2.52. The Labute approximate surface area is 178 Å². The van der Waals surface area contributed by atoms with Crippen molar-refractivity contribution in [3.63, 3.8) is 0 Å². The summed E-state index contributed by atoms with van der Waals surface area (Å²) < 4.78 is 33.3. The number of hydrogen-bond acceptors (Lipinski definition) is 7. The third kappa shape index (κ3) is 8.80. The van der Waals surface area contributed by atoms with Gasteiger partial charge in [-0.15, -0.1) is 0 Å². The minimum atomic E-state index is -3.75. The number of esters is 1. The number of carboxylic acids is 1. The molecule has 2 rings (SSSR count). The molecule has 0 atom stereocenters. The fourth-order valence-electron chi connectivity index (χ4n) is 1.89. The largest absolute Gasteiger partial charge is 0.481 e. The van der Waals surface area contributed by atoms with Crippen LogP contribution >= 0.6 is 11.6 Å². The molecule has 0 heterocycles. The number of aliphatic imine (C=N–C) groups is 1. The number of benzene rings is 2. The third-order valence-electron chi connectivity index (χ3n) is 3.01. The number of nitrogens with two attached hydrogens (primary N) is 2. The van der Waals surface area contributed by atoms with Crippen LogP contribution in [0.1, 0.15) is 24.2 Å². The second-order valence-electron chi connectivity index (χ2n) is 5.51. The lowest BCUT2D eigenvalue weighted by molar-refractivity contribution is -0.134. The van der Waals surface area contributed by atoms with Crippen molar-refractivity contribution in [3.05, 3.63) is 53.1 Å². The Morgan fingerprint density at radius 1 is 1.13 bits per heavy atom. The summed E-state index contributed by atoms with van der Waals surface area (Å²) in [6.07, 6.45) is 0. The van der Waals surface area contributed by atoms with E-state index in [-0.39, 0.29) is 39.5 Å². The Morgan fingerprint density at radius 2 is 1.70 bits per heavy atom. The van der Waals surface area contributed by atoms with E-state index < -0.39 is 22.1 Å². The topological polar surface area (TPSA) is 171 Å². The first kappa shape index (κ1) is 24.7. The number of aliphatic carboxylic acids is 1. The molecule has 5 N–H and O–H groups in total. The van der Waals surface area contributed by atoms with Crippen molar-refractivity contribution in [2.24, 2.45) is 16.5 Å². The van der Waals surface area contributed by atoms with Crippen molar-refractivity contribution in [1.82, 2.24) is 0 Å². The monoisotopic (exact) mass is 457 g/mol. The van der Waals surface area contributed by atoms with Crippen LogP contribution in [-0.2, 0) is 14.9 Å². The molecule has 0 radical (unpaired) electrons. The molecule has 0 aliphatic carbocycles. The Kier molecular flexibility index (Phi) is 9.09. The third-order valence-corrected chi connectivity index (χ3v) is 4.38. The number of ether oxygens (including phenoxy) is 1. The summed E-state index contributed by atoms with van der Waals surface area (Å²) in [5.74, 6) is -2.09. The van der Waals surface area contributed by atoms with Gasteiger partial charge in [0, 0.05) is 24.1 Å². The first-order valence-corrected chi connectivity index (χ1v) is 10.2. The molecule has 0 aromatic heterocycles. The van der Waals surface area contributed by atoms with Gasteiger partial charge in [-0.1, -0.05) is 23.7 Å². The maximum Gasteiger partial charge on any atom is 0.345 e. The quantitative estimate of drug-likeness (QED) is 0.193. The Morgan fingerprint density at radius 3 is 2.27 bits per heavy atom. The fourth-order valence-corrected chi connectivity index (χ4v) is 2.62. The molecule has 162 valence electrons. The SMILES string of the molecule is CC(=O)O.CCS(=O)(=O)Oc1cc(Cl)cc(OC(=O)c2ccccc2N=C(N)N)c1. The second kappa shape index (κ2) is 11.0. The van der Waals surface area contributed by atoms with E-state index in [1.807, 2.05) is 0 Å². The predicted octanol–water partition coefficient (Wildman–Crippen LogP) is 2.28. The summed E-state index contributed by atoms with van der Waals surface area (Å²) in [5, 5.41) is 7.55. The molecule has 2 aromatic rings. The number of hydrogen-bond donors (Lipinski definition) is 3. The van der Waals surface area contributed by atoms with Gasteiger partial charge in [0.2, 0.25) is 0 Å². The van der Waals surface area contributed by atoms with Gasteiger partial charge in [0.15, 0.2) is 5.96 Å². The van der Waals surface area contributed by atoms with E-state index in [9.17, 15) is 13.2 Å². The first-order chi connectivity index (χ1) is 13.9. The van der Waals surface area contributed by atoms with Crippen molar-refractivity contribution >= 4 is 45.3 Å². The molecule has 0 amide bonds. The maximum atomic E-state index is 12.4. The summed E-state index contributed by atoms with van der Waals surface area (Å²) in [6, 6.07) is 10.2. The Bertz CT molecular complexity index is 1050. The highest BCUT2D eigenvalue weighted by Gasteiger charge is 2.16. The number of para-hydroxylation sites is 1. The van der Waals surface area contributed by atoms with Crippen molar-refractivity contribution in [2.75, 3.05) is 5.75 Å². The van der Waals surface area contributed by atoms with Crippen LogP contribution in [0.3, 0.4) is 0 Å². The van der Waals surface area contributed by atoms with Gasteiger partial charge in [-0.2, -0.15) is 8.42 Å². The van der Waals surface area contributed by atoms with Gasteiger partial charge >= 0.3 is 16.1 Å². The second-order valence-corrected chi connectivity index (χ2v) is 7.81. The average molecular weight is 458 g/mol. The molecule has 0 fully saturated rings. The van der Waals surface area contributed by atoms with Crippen molar-refractivity contribution in [1.29, 1.82) is 0 Å². The van der Waals surface area contributed by atoms with Gasteiger partial charge in [0.1, 0.15) is 11.5 Å². The lowest BCUT2D eigenvalue weighted by Crippen LogP contribution is -2.22. The number of halogens is 1. The van der Waals surface area contributed by atoms with E-state index in [1.54, 1.807) is 12.1 Å². The van der Waals surface area contributed by atoms with Crippen LogP contribution < -0.4 is 20.4 Å². The predicted molar refractivity (Wildman–Crippen MR) is 112 cm³/mol. The fraction of sp³-hybridized carbons (Fsp3) is 0.167. The van der Waals surface area contributed by atoms with Crippen LogP contribution in [0.4, 0.5) is 5.69 Å². The van der Waals surface area contributed by atoms with E-state index >= 15 is 0 Å². The molecule has 30 heavy (non-hydrogen) atoms. The molecule has 10 nitrogen and oxygen atoms in total. The minimum Gasteiger partial charge on any atom is -0.481 e. The Balaban J connectivity index is 0.00000103. The molecule has 0 saturated heterocycles. The first-order valence-electron chi connectivity index (χ1n) is 8.26. The van der Waals surface area contributed by atoms with Crippen LogP contribution in [0.2, 0.25) is 5.02 Å². The molecular formula is C18H20ClN3O7S. The molecular weight excluding hydrogens is 438 g/mol. The zero-order valence-corrected chi connectivity index (χ0v) is 17.6. The van der Waals surface area contributed by atoms with Gasteiger partial charge in [0.05, 0.1) is 17.0 Å². The van der Waals surface area contributed by atoms with Gasteiger partial charge in [0.25, 0.3) is 5.97 Å². The van der Waals surface area contributed by atoms with E-state index in [4.69, 9.17) is 41.9 Å². The molecule has 0 spiro atoms. The van der Waals surface area contributed by atoms with Crippen LogP contribution in [0, 0.1) is 0 Å². The van der Waals surface area contributed by atoms with E-state index in [0.717, 1.165) is 6.92 Å². The van der Waals surface area contributed by atoms with Gasteiger partial charge < -0.3 is 25.5 Å². The highest BCUT2D eigenvalue weighted by molar-refractivity contribution is 7.87. The summed E-state index contributed by atoms with van der Waals surface area (Å²) in [7, 11) is -3.75. The van der Waals surface area contributed by atoms with Gasteiger partial charge in [-0.25, -0.2) is 9.79 Å². The highest BCUT2D eigenvalue weighted by Crippen LogP contribution is 2.28. The molecule has 0 unspecified atom stereocenters. The summed E-state index contributed by atoms with van der Waals surface area (Å²) >= 11 is 5.93. The molecule has 0 aliphatic rings. The standard InChI is InChI=1S/C16H16ClN3O5S.C2H4O2/c1-2-26(22,23)25-12-8-10(17)7-11(9-12)24-15(21)13-5-3-4-6-14(13)20-16(18)19;1-2(3)4/h3-9H,2H2,1H3,(H4,18,19,20);1H3,(H,3,4). The van der Waals surface area contributed by atoms with E-state index in [2.05, 4.69) is 4.99 Å². The smallest absolute Gasteiger partial charge is 0.345 e. The molecule has 0 aliphatic heterocycles. The number of carbonyl (C=O) groups excluding carboxylic acids is 1. The van der Waals surface area contributed by atoms with Gasteiger partial charge in [-0.3, -0.25) is 4.79 Å². The normalized spacial score (nSPS) is 10.2. The Hall–Kier alpha value is -3.31. The van der Waals surface area contributed by atoms with Crippen molar-refractivity contribution in [2.45, 2.75) is 13.8 Å². The zero-order chi connectivity index (χ0) is 22.9. The highest BCUT2D eigenvalue weighted by atomic mass is 35.5. The van der Waals surface area contributed by atoms with Crippen LogP contribution in [0.15, 0.2) is 47.5 Å². The molecule has 2 aromatic carbocycles. The number of guanidine groups is 1. The summed E-state index contributed by atoms with van der Waals surface area (Å²) in [4.78, 5) is 25.3.